The Kier molecular flexibility index (Phi) is 2.59. The molecule has 1 aliphatic rings. The van der Waals surface area contributed by atoms with Crippen molar-refractivity contribution in [3.8, 4) is 0 Å². The highest BCUT2D eigenvalue weighted by Gasteiger charge is 2.07. The van der Waals surface area contributed by atoms with E-state index in [1.54, 1.807) is 6.92 Å². The Labute approximate surface area is 66.8 Å². The number of nitrogens with two attached hydrogens (primary N) is 1. The first-order valence-electron chi connectivity index (χ1n) is 3.71. The normalized spacial score (nSPS) is 21.6. The van der Waals surface area contributed by atoms with E-state index in [1.807, 2.05) is 0 Å². The molecule has 62 valence electrons. The maximum atomic E-state index is 5.42. The molecule has 11 heavy (non-hydrogen) atoms. The molecule has 4 heteroatoms. The summed E-state index contributed by atoms with van der Waals surface area (Å²) in [7, 11) is 2.05. The molecule has 0 saturated carbocycles. The zero-order chi connectivity index (χ0) is 8.27. The summed E-state index contributed by atoms with van der Waals surface area (Å²) in [4.78, 5) is 10.5. The van der Waals surface area contributed by atoms with E-state index < -0.39 is 0 Å². The monoisotopic (exact) mass is 154 g/mol. The van der Waals surface area contributed by atoms with Gasteiger partial charge in [-0.1, -0.05) is 0 Å². The highest BCUT2D eigenvalue weighted by molar-refractivity contribution is 5.96. The van der Waals surface area contributed by atoms with Crippen molar-refractivity contribution in [2.45, 2.75) is 6.92 Å². The fraction of sp³-hybridized carbons (Fsp3) is 0.714. The van der Waals surface area contributed by atoms with Crippen molar-refractivity contribution in [3.05, 3.63) is 0 Å². The van der Waals surface area contributed by atoms with Crippen molar-refractivity contribution in [2.24, 2.45) is 15.7 Å². The van der Waals surface area contributed by atoms with Crippen LogP contribution in [0.25, 0.3) is 0 Å². The maximum Gasteiger partial charge on any atom is 0.139 e. The number of hydrogen-bond donors (Lipinski definition) is 1. The molecule has 0 saturated heterocycles. The highest BCUT2D eigenvalue weighted by atomic mass is 15.2. The van der Waals surface area contributed by atoms with Gasteiger partial charge in [0.05, 0.1) is 18.9 Å². The second-order valence-corrected chi connectivity index (χ2v) is 2.79. The summed E-state index contributed by atoms with van der Waals surface area (Å²) in [6, 6.07) is 0. The summed E-state index contributed by atoms with van der Waals surface area (Å²) >= 11 is 0. The van der Waals surface area contributed by atoms with E-state index in [2.05, 4.69) is 21.9 Å². The van der Waals surface area contributed by atoms with Crippen molar-refractivity contribution >= 4 is 11.7 Å². The second kappa shape index (κ2) is 3.48. The third-order valence-electron chi connectivity index (χ3n) is 1.49. The lowest BCUT2D eigenvalue weighted by atomic mass is 10.4. The summed E-state index contributed by atoms with van der Waals surface area (Å²) in [5, 5.41) is 0. The first kappa shape index (κ1) is 8.20. The summed E-state index contributed by atoms with van der Waals surface area (Å²) in [5.74, 6) is 1.43. The van der Waals surface area contributed by atoms with Crippen LogP contribution < -0.4 is 5.73 Å². The van der Waals surface area contributed by atoms with Crippen LogP contribution in [0.5, 0.6) is 0 Å². The third-order valence-corrected chi connectivity index (χ3v) is 1.49. The Hall–Kier alpha value is -0.900. The van der Waals surface area contributed by atoms with Crippen molar-refractivity contribution in [3.63, 3.8) is 0 Å². The van der Waals surface area contributed by atoms with Gasteiger partial charge in [-0.15, -0.1) is 0 Å². The zero-order valence-corrected chi connectivity index (χ0v) is 7.04. The van der Waals surface area contributed by atoms with Gasteiger partial charge < -0.3 is 5.73 Å². The van der Waals surface area contributed by atoms with E-state index in [1.165, 1.54) is 0 Å². The molecule has 1 aliphatic heterocycles. The number of likely N-dealkylation sites (N-methyl/N-ethyl adjacent to an activating group) is 1. The van der Waals surface area contributed by atoms with E-state index in [0.717, 1.165) is 25.5 Å². The molecule has 0 radical (unpaired) electrons. The second-order valence-electron chi connectivity index (χ2n) is 2.79. The van der Waals surface area contributed by atoms with E-state index in [-0.39, 0.29) is 0 Å². The van der Waals surface area contributed by atoms with E-state index in [0.29, 0.717) is 5.84 Å². The number of aliphatic imine (C=N–C) groups is 2. The van der Waals surface area contributed by atoms with Crippen LogP contribution in [0.15, 0.2) is 9.98 Å². The van der Waals surface area contributed by atoms with Crippen LogP contribution in [0, 0.1) is 0 Å². The lowest BCUT2D eigenvalue weighted by Crippen LogP contribution is -2.32. The van der Waals surface area contributed by atoms with Gasteiger partial charge in [0.25, 0.3) is 0 Å². The van der Waals surface area contributed by atoms with Gasteiger partial charge in [0.1, 0.15) is 5.84 Å². The number of rotatable bonds is 0. The molecule has 2 N–H and O–H groups in total. The molecule has 0 aromatic rings. The number of amidine groups is 2. The Morgan fingerprint density at radius 3 is 3.00 bits per heavy atom. The molecule has 1 heterocycles. The lowest BCUT2D eigenvalue weighted by Gasteiger charge is -2.19. The first-order valence-corrected chi connectivity index (χ1v) is 3.71. The molecular weight excluding hydrogens is 140 g/mol. The van der Waals surface area contributed by atoms with E-state index >= 15 is 0 Å². The summed E-state index contributed by atoms with van der Waals surface area (Å²) in [6.45, 7) is 4.44. The summed E-state index contributed by atoms with van der Waals surface area (Å²) in [6.07, 6.45) is 0. The molecule has 0 unspecified atom stereocenters. The van der Waals surface area contributed by atoms with Crippen LogP contribution in [0.1, 0.15) is 6.92 Å². The minimum Gasteiger partial charge on any atom is -0.387 e. The minimum atomic E-state index is 0.582. The fourth-order valence-electron chi connectivity index (χ4n) is 0.995. The van der Waals surface area contributed by atoms with Crippen molar-refractivity contribution < 1.29 is 0 Å². The topological polar surface area (TPSA) is 54.0 Å². The molecule has 0 aromatic heterocycles. The smallest absolute Gasteiger partial charge is 0.139 e. The average molecular weight is 154 g/mol. The minimum absolute atomic E-state index is 0.582. The van der Waals surface area contributed by atoms with Gasteiger partial charge in [-0.3, -0.25) is 9.89 Å². The third kappa shape index (κ3) is 2.67. The van der Waals surface area contributed by atoms with Crippen LogP contribution in [0.4, 0.5) is 0 Å². The quantitative estimate of drug-likeness (QED) is 0.385. The standard InChI is InChI=1S/C7H14N4/c1-6(8)10-7-5-11(2)4-3-9-7/h3-5H2,1-2H3,(H2,8,9,10). The molecule has 0 bridgehead atoms. The number of nitrogens with zero attached hydrogens (tertiary/aromatic N) is 3. The predicted molar refractivity (Wildman–Crippen MR) is 47.1 cm³/mol. The van der Waals surface area contributed by atoms with Gasteiger partial charge in [-0.2, -0.15) is 0 Å². The summed E-state index contributed by atoms with van der Waals surface area (Å²) < 4.78 is 0. The highest BCUT2D eigenvalue weighted by Crippen LogP contribution is 1.95. The van der Waals surface area contributed by atoms with Gasteiger partial charge in [-0.25, -0.2) is 4.99 Å². The van der Waals surface area contributed by atoms with Crippen LogP contribution >= 0.6 is 0 Å². The summed E-state index contributed by atoms with van der Waals surface area (Å²) in [5.41, 5.74) is 5.42. The Bertz CT molecular complexity index is 191. The molecule has 0 aliphatic carbocycles. The van der Waals surface area contributed by atoms with Gasteiger partial charge in [0.15, 0.2) is 0 Å². The van der Waals surface area contributed by atoms with E-state index in [4.69, 9.17) is 5.73 Å². The van der Waals surface area contributed by atoms with Crippen LogP contribution in [-0.2, 0) is 0 Å². The molecular formula is C7H14N4. The molecule has 0 fully saturated rings. The SMILES string of the molecule is CC(N)=NC1=NCCN(C)C1. The Morgan fingerprint density at radius 1 is 1.73 bits per heavy atom. The lowest BCUT2D eigenvalue weighted by molar-refractivity contribution is 0.377. The molecule has 0 spiro atoms. The van der Waals surface area contributed by atoms with Gasteiger partial charge in [0, 0.05) is 6.54 Å². The fourth-order valence-corrected chi connectivity index (χ4v) is 0.995. The van der Waals surface area contributed by atoms with Crippen LogP contribution in [0.3, 0.4) is 0 Å². The maximum absolute atomic E-state index is 5.42. The van der Waals surface area contributed by atoms with Crippen molar-refractivity contribution in [2.75, 3.05) is 26.7 Å². The molecule has 0 atom stereocenters. The zero-order valence-electron chi connectivity index (χ0n) is 7.04. The van der Waals surface area contributed by atoms with Gasteiger partial charge in [-0.05, 0) is 14.0 Å². The predicted octanol–water partition coefficient (Wildman–Crippen LogP) is -0.293. The van der Waals surface area contributed by atoms with Crippen LogP contribution in [-0.4, -0.2) is 43.3 Å². The average Bonchev–Trinajstić information content (AvgIpc) is 1.85. The molecule has 1 rings (SSSR count). The van der Waals surface area contributed by atoms with Gasteiger partial charge in [0.2, 0.25) is 0 Å². The van der Waals surface area contributed by atoms with Crippen molar-refractivity contribution in [1.82, 2.24) is 4.90 Å². The van der Waals surface area contributed by atoms with Crippen LogP contribution in [0.2, 0.25) is 0 Å². The number of hydrogen-bond acceptors (Lipinski definition) is 3. The van der Waals surface area contributed by atoms with Crippen molar-refractivity contribution in [1.29, 1.82) is 0 Å². The molecule has 4 nitrogen and oxygen atoms in total. The Morgan fingerprint density at radius 2 is 2.45 bits per heavy atom. The molecule has 0 aromatic carbocycles. The van der Waals surface area contributed by atoms with E-state index in [9.17, 15) is 0 Å². The molecule has 0 amide bonds. The first-order chi connectivity index (χ1) is 5.18. The Balaban J connectivity index is 2.58. The van der Waals surface area contributed by atoms with Gasteiger partial charge >= 0.3 is 0 Å². The largest absolute Gasteiger partial charge is 0.387 e.